The van der Waals surface area contributed by atoms with Crippen LogP contribution in [0.2, 0.25) is 0 Å². The summed E-state index contributed by atoms with van der Waals surface area (Å²) < 4.78 is 33.5. The summed E-state index contributed by atoms with van der Waals surface area (Å²) in [4.78, 5) is 12.3. The average molecular weight is 615 g/mol. The molecule has 0 bridgehead atoms. The summed E-state index contributed by atoms with van der Waals surface area (Å²) in [6.45, 7) is 5.24. The second-order valence-electron chi connectivity index (χ2n) is 11.5. The fourth-order valence-electron chi connectivity index (χ4n) is 5.07. The second-order valence-corrected chi connectivity index (χ2v) is 11.5. The fraction of sp³-hybridized carbons (Fsp3) is 0.960. The Morgan fingerprint density at radius 3 is 1.81 bits per heavy atom. The highest BCUT2D eigenvalue weighted by Crippen LogP contribution is 2.32. The molecule has 0 aromatic rings. The van der Waals surface area contributed by atoms with Gasteiger partial charge in [0, 0.05) is 6.54 Å². The summed E-state index contributed by atoms with van der Waals surface area (Å²) in [6, 6.07) is -1.29. The Morgan fingerprint density at radius 2 is 1.31 bits per heavy atom. The maximum absolute atomic E-state index is 12.3. The number of aliphatic hydroxyl groups excluding tert-OH is 7. The van der Waals surface area contributed by atoms with E-state index in [-0.39, 0.29) is 19.6 Å². The molecule has 0 unspecified atom stereocenters. The molecule has 0 aromatic heterocycles. The number of carbonyl (C=O) groups is 1. The zero-order chi connectivity index (χ0) is 31.5. The Bertz CT molecular complexity index is 862. The molecule has 3 aliphatic rings. The van der Waals surface area contributed by atoms with E-state index < -0.39 is 110 Å². The number of carbonyl (C=O) groups excluding carboxylic acids is 1. The number of nitrogens with one attached hydrogen (secondary N) is 1. The fourth-order valence-corrected chi connectivity index (χ4v) is 5.07. The Kier molecular flexibility index (Phi) is 12.4. The summed E-state index contributed by atoms with van der Waals surface area (Å²) in [6.07, 6.45) is -20.6. The van der Waals surface area contributed by atoms with Crippen molar-refractivity contribution in [2.24, 2.45) is 5.73 Å². The zero-order valence-corrected chi connectivity index (χ0v) is 24.0. The molecule has 0 radical (unpaired) electrons. The van der Waals surface area contributed by atoms with Gasteiger partial charge >= 0.3 is 0 Å². The lowest BCUT2D eigenvalue weighted by atomic mass is 9.94. The molecule has 0 saturated carbocycles. The van der Waals surface area contributed by atoms with Crippen molar-refractivity contribution in [3.05, 3.63) is 0 Å². The van der Waals surface area contributed by atoms with Crippen LogP contribution in [0.4, 0.5) is 0 Å². The SMILES string of the molecule is C[C@@H]1O[C@@H](O[C@@H]2[C@@H](O)[C@H](C)O[C@@H](OCCN)[C@@H]2O)[C@H](O)[C@H](O[C@@H]2O[C@H](CO)[C@@H](NC(=O)CC(C)(C)O)[C@H](O)[C@H]2O)[C@H]1O. The van der Waals surface area contributed by atoms with Crippen molar-refractivity contribution in [1.29, 1.82) is 0 Å². The van der Waals surface area contributed by atoms with Crippen LogP contribution in [0.5, 0.6) is 0 Å². The maximum atomic E-state index is 12.3. The molecule has 17 heteroatoms. The van der Waals surface area contributed by atoms with Crippen molar-refractivity contribution in [3.63, 3.8) is 0 Å². The van der Waals surface area contributed by atoms with E-state index in [1.54, 1.807) is 0 Å². The number of nitrogens with two attached hydrogens (primary N) is 1. The second kappa shape index (κ2) is 14.8. The van der Waals surface area contributed by atoms with Crippen LogP contribution in [0.15, 0.2) is 0 Å². The monoisotopic (exact) mass is 614 g/mol. The minimum Gasteiger partial charge on any atom is -0.394 e. The molecule has 0 aliphatic carbocycles. The molecule has 0 aromatic carbocycles. The Hall–Kier alpha value is -1.13. The van der Waals surface area contributed by atoms with Crippen molar-refractivity contribution < 1.29 is 74.1 Å². The topological polar surface area (TPSA) is 272 Å². The van der Waals surface area contributed by atoms with E-state index in [0.29, 0.717) is 0 Å². The molecule has 15 atom stereocenters. The third kappa shape index (κ3) is 8.32. The molecule has 1 amide bonds. The number of ether oxygens (including phenoxy) is 6. The molecule has 3 heterocycles. The van der Waals surface area contributed by atoms with E-state index >= 15 is 0 Å². The van der Waals surface area contributed by atoms with Crippen molar-refractivity contribution in [2.75, 3.05) is 19.8 Å². The van der Waals surface area contributed by atoms with Gasteiger partial charge in [-0.25, -0.2) is 0 Å². The Labute approximate surface area is 243 Å². The third-order valence-electron chi connectivity index (χ3n) is 7.35. The third-order valence-corrected chi connectivity index (χ3v) is 7.35. The lowest BCUT2D eigenvalue weighted by molar-refractivity contribution is -0.373. The van der Waals surface area contributed by atoms with Gasteiger partial charge in [-0.1, -0.05) is 0 Å². The number of hydrogen-bond donors (Lipinski definition) is 10. The van der Waals surface area contributed by atoms with E-state index in [2.05, 4.69) is 5.32 Å². The van der Waals surface area contributed by atoms with Crippen molar-refractivity contribution >= 4 is 5.91 Å². The van der Waals surface area contributed by atoms with Crippen LogP contribution in [0, 0.1) is 0 Å². The van der Waals surface area contributed by atoms with Gasteiger partial charge in [0.15, 0.2) is 18.9 Å². The minimum atomic E-state index is -1.82. The number of amides is 1. The highest BCUT2D eigenvalue weighted by Gasteiger charge is 2.53. The first-order valence-electron chi connectivity index (χ1n) is 13.9. The lowest BCUT2D eigenvalue weighted by Gasteiger charge is -2.48. The number of rotatable bonds is 11. The first-order valence-corrected chi connectivity index (χ1v) is 13.9. The van der Waals surface area contributed by atoms with Crippen molar-refractivity contribution in [3.8, 4) is 0 Å². The van der Waals surface area contributed by atoms with Gasteiger partial charge in [-0.05, 0) is 27.7 Å². The van der Waals surface area contributed by atoms with Gasteiger partial charge in [0.1, 0.15) is 54.9 Å². The van der Waals surface area contributed by atoms with E-state index in [1.807, 2.05) is 0 Å². The highest BCUT2D eigenvalue weighted by atomic mass is 16.7. The van der Waals surface area contributed by atoms with E-state index in [0.717, 1.165) is 0 Å². The van der Waals surface area contributed by atoms with E-state index in [4.69, 9.17) is 34.2 Å². The van der Waals surface area contributed by atoms with Gasteiger partial charge < -0.3 is 80.3 Å². The molecule has 246 valence electrons. The quantitative estimate of drug-likeness (QED) is 0.104. The summed E-state index contributed by atoms with van der Waals surface area (Å²) in [7, 11) is 0. The van der Waals surface area contributed by atoms with Crippen molar-refractivity contribution in [1.82, 2.24) is 5.32 Å². The van der Waals surface area contributed by atoms with Crippen LogP contribution in [-0.4, -0.2) is 164 Å². The van der Waals surface area contributed by atoms with Gasteiger partial charge in [0.25, 0.3) is 0 Å². The van der Waals surface area contributed by atoms with E-state index in [9.17, 15) is 45.6 Å². The Morgan fingerprint density at radius 1 is 0.810 bits per heavy atom. The number of hydrogen-bond acceptors (Lipinski definition) is 16. The smallest absolute Gasteiger partial charge is 0.223 e. The summed E-state index contributed by atoms with van der Waals surface area (Å²) in [5, 5.41) is 86.9. The maximum Gasteiger partial charge on any atom is 0.223 e. The van der Waals surface area contributed by atoms with Gasteiger partial charge in [0.2, 0.25) is 5.91 Å². The molecular formula is C25H46N2O15. The number of aliphatic hydroxyl groups is 8. The molecule has 3 saturated heterocycles. The molecular weight excluding hydrogens is 568 g/mol. The first-order chi connectivity index (χ1) is 19.6. The van der Waals surface area contributed by atoms with Crippen LogP contribution in [-0.2, 0) is 33.2 Å². The minimum absolute atomic E-state index is 0.0489. The predicted octanol–water partition coefficient (Wildman–Crippen LogP) is -5.25. The standard InChI is InChI=1S/C25H46N2O15/c1-9-14(30)20(18(34)22(38-9)37-6-5-26)42-24-19(35)21(15(31)10(2)39-24)41-23-17(33)16(32)13(11(8-28)40-23)27-12(29)7-25(3,4)36/h9-11,13-24,28,30-36H,5-8,26H2,1-4H3,(H,27,29)/t9-,10-,11+,13+,14-,15-,16-,17+,18+,19+,20+,21+,22+,23-,24-/m0/s1. The molecule has 3 rings (SSSR count). The predicted molar refractivity (Wildman–Crippen MR) is 138 cm³/mol. The largest absolute Gasteiger partial charge is 0.394 e. The molecule has 17 nitrogen and oxygen atoms in total. The summed E-state index contributed by atoms with van der Waals surface area (Å²) >= 11 is 0. The van der Waals surface area contributed by atoms with Gasteiger partial charge in [-0.15, -0.1) is 0 Å². The summed E-state index contributed by atoms with van der Waals surface area (Å²) in [5.41, 5.74) is 4.08. The van der Waals surface area contributed by atoms with Crippen LogP contribution >= 0.6 is 0 Å². The van der Waals surface area contributed by atoms with Crippen molar-refractivity contribution in [2.45, 2.75) is 132 Å². The molecule has 11 N–H and O–H groups in total. The van der Waals surface area contributed by atoms with E-state index in [1.165, 1.54) is 27.7 Å². The van der Waals surface area contributed by atoms with Crippen LogP contribution in [0.3, 0.4) is 0 Å². The van der Waals surface area contributed by atoms with Gasteiger partial charge in [-0.2, -0.15) is 0 Å². The molecule has 42 heavy (non-hydrogen) atoms. The molecule has 3 aliphatic heterocycles. The lowest BCUT2D eigenvalue weighted by Crippen LogP contribution is -2.67. The zero-order valence-electron chi connectivity index (χ0n) is 24.0. The van der Waals surface area contributed by atoms with Gasteiger partial charge in [0.05, 0.1) is 43.5 Å². The molecule has 3 fully saturated rings. The summed E-state index contributed by atoms with van der Waals surface area (Å²) in [5.74, 6) is -0.674. The normalized spacial score (nSPS) is 45.0. The first kappa shape index (κ1) is 35.4. The van der Waals surface area contributed by atoms with Crippen LogP contribution in [0.1, 0.15) is 34.1 Å². The van der Waals surface area contributed by atoms with Crippen LogP contribution < -0.4 is 11.1 Å². The highest BCUT2D eigenvalue weighted by molar-refractivity contribution is 5.77. The van der Waals surface area contributed by atoms with Crippen LogP contribution in [0.25, 0.3) is 0 Å². The van der Waals surface area contributed by atoms with Gasteiger partial charge in [-0.3, -0.25) is 4.79 Å². The Balaban J connectivity index is 1.72. The average Bonchev–Trinajstić information content (AvgIpc) is 2.91. The molecule has 0 spiro atoms.